The van der Waals surface area contributed by atoms with Gasteiger partial charge in [-0.1, -0.05) is 62.4 Å². The van der Waals surface area contributed by atoms with Crippen molar-refractivity contribution in [1.29, 1.82) is 0 Å². The summed E-state index contributed by atoms with van der Waals surface area (Å²) in [7, 11) is 0. The predicted octanol–water partition coefficient (Wildman–Crippen LogP) is 2.83. The van der Waals surface area contributed by atoms with Crippen molar-refractivity contribution in [3.8, 4) is 5.75 Å². The van der Waals surface area contributed by atoms with Crippen molar-refractivity contribution in [2.24, 2.45) is 5.92 Å². The van der Waals surface area contributed by atoms with Crippen LogP contribution in [0.1, 0.15) is 19.4 Å². The number of hydrogen-bond donors (Lipinski definition) is 1. The molecule has 2 aromatic rings. The topological polar surface area (TPSA) is 71.5 Å². The van der Waals surface area contributed by atoms with Crippen LogP contribution in [0.25, 0.3) is 0 Å². The molecular formula is C27H38N2O5. The Kier molecular flexibility index (Phi) is 10.8. The van der Waals surface area contributed by atoms with Gasteiger partial charge in [-0.2, -0.15) is 0 Å². The van der Waals surface area contributed by atoms with Gasteiger partial charge in [0.15, 0.2) is 6.61 Å². The molecule has 1 aliphatic rings. The number of benzene rings is 2. The molecule has 3 rings (SSSR count). The van der Waals surface area contributed by atoms with Gasteiger partial charge in [-0.3, -0.25) is 9.69 Å². The van der Waals surface area contributed by atoms with Crippen molar-refractivity contribution in [2.45, 2.75) is 32.7 Å². The van der Waals surface area contributed by atoms with Gasteiger partial charge < -0.3 is 24.2 Å². The highest BCUT2D eigenvalue weighted by Crippen LogP contribution is 2.12. The van der Waals surface area contributed by atoms with E-state index in [9.17, 15) is 9.90 Å². The Morgan fingerprint density at radius 2 is 1.85 bits per heavy atom. The van der Waals surface area contributed by atoms with Crippen LogP contribution in [0.4, 0.5) is 0 Å². The second-order valence-electron chi connectivity index (χ2n) is 9.20. The molecule has 0 aliphatic carbocycles. The fourth-order valence-corrected chi connectivity index (χ4v) is 4.01. The van der Waals surface area contributed by atoms with Gasteiger partial charge in [-0.15, -0.1) is 0 Å². The number of amides is 1. The van der Waals surface area contributed by atoms with Crippen LogP contribution in [0.3, 0.4) is 0 Å². The maximum absolute atomic E-state index is 12.9. The lowest BCUT2D eigenvalue weighted by molar-refractivity contribution is -0.137. The molecule has 2 unspecified atom stereocenters. The number of para-hydroxylation sites is 1. The van der Waals surface area contributed by atoms with Gasteiger partial charge in [0, 0.05) is 32.7 Å². The molecule has 1 saturated heterocycles. The van der Waals surface area contributed by atoms with E-state index < -0.39 is 6.10 Å². The van der Waals surface area contributed by atoms with Gasteiger partial charge in [0.05, 0.1) is 32.0 Å². The molecule has 2 atom stereocenters. The molecule has 0 spiro atoms. The van der Waals surface area contributed by atoms with E-state index in [1.54, 1.807) is 0 Å². The highest BCUT2D eigenvalue weighted by atomic mass is 16.5. The Balaban J connectivity index is 1.44. The fourth-order valence-electron chi connectivity index (χ4n) is 4.01. The molecule has 1 N–H and O–H groups in total. The second kappa shape index (κ2) is 14.1. The van der Waals surface area contributed by atoms with Crippen molar-refractivity contribution in [3.63, 3.8) is 0 Å². The van der Waals surface area contributed by atoms with Crippen LogP contribution in [-0.4, -0.2) is 85.6 Å². The van der Waals surface area contributed by atoms with Crippen molar-refractivity contribution in [1.82, 2.24) is 9.80 Å². The van der Waals surface area contributed by atoms with Crippen molar-refractivity contribution in [2.75, 3.05) is 52.5 Å². The third-order valence-corrected chi connectivity index (χ3v) is 5.58. The van der Waals surface area contributed by atoms with E-state index >= 15 is 0 Å². The molecule has 7 nitrogen and oxygen atoms in total. The standard InChI is InChI=1S/C27H38N2O5/c1-22(2)15-29(27(31)21-34-25-11-7-4-8-12-25)18-26-17-28(13-14-33-26)16-24(30)20-32-19-23-9-5-3-6-10-23/h3-12,22,24,26,30H,13-21H2,1-2H3. The maximum Gasteiger partial charge on any atom is 0.260 e. The summed E-state index contributed by atoms with van der Waals surface area (Å²) in [5.41, 5.74) is 1.09. The molecule has 34 heavy (non-hydrogen) atoms. The lowest BCUT2D eigenvalue weighted by atomic mass is 10.1. The van der Waals surface area contributed by atoms with E-state index in [2.05, 4.69) is 18.7 Å². The zero-order valence-corrected chi connectivity index (χ0v) is 20.3. The third kappa shape index (κ3) is 9.43. The predicted molar refractivity (Wildman–Crippen MR) is 132 cm³/mol. The zero-order chi connectivity index (χ0) is 24.2. The van der Waals surface area contributed by atoms with Gasteiger partial charge in [0.25, 0.3) is 5.91 Å². The molecule has 1 fully saturated rings. The molecule has 2 aromatic carbocycles. The molecule has 1 heterocycles. The molecule has 0 radical (unpaired) electrons. The number of carbonyl (C=O) groups excluding carboxylic acids is 1. The first-order chi connectivity index (χ1) is 16.5. The number of morpholine rings is 1. The quantitative estimate of drug-likeness (QED) is 0.486. The minimum Gasteiger partial charge on any atom is -0.484 e. The van der Waals surface area contributed by atoms with E-state index in [0.717, 1.165) is 12.1 Å². The van der Waals surface area contributed by atoms with Crippen LogP contribution in [0.2, 0.25) is 0 Å². The van der Waals surface area contributed by atoms with Gasteiger partial charge in [0.2, 0.25) is 0 Å². The summed E-state index contributed by atoms with van der Waals surface area (Å²) in [6.07, 6.45) is -0.680. The number of β-amino-alcohol motifs (C(OH)–C–C–N with tert-alkyl or cyclic N) is 1. The second-order valence-corrected chi connectivity index (χ2v) is 9.20. The lowest BCUT2D eigenvalue weighted by Gasteiger charge is -2.37. The van der Waals surface area contributed by atoms with E-state index in [4.69, 9.17) is 14.2 Å². The molecule has 1 amide bonds. The van der Waals surface area contributed by atoms with Crippen LogP contribution in [0.15, 0.2) is 60.7 Å². The molecule has 1 aliphatic heterocycles. The zero-order valence-electron chi connectivity index (χ0n) is 20.3. The van der Waals surface area contributed by atoms with Crippen LogP contribution >= 0.6 is 0 Å². The Bertz CT molecular complexity index is 833. The minimum atomic E-state index is -0.574. The summed E-state index contributed by atoms with van der Waals surface area (Å²) in [4.78, 5) is 16.9. The van der Waals surface area contributed by atoms with Crippen molar-refractivity contribution >= 4 is 5.91 Å². The summed E-state index contributed by atoms with van der Waals surface area (Å²) in [6.45, 7) is 8.63. The van der Waals surface area contributed by atoms with Gasteiger partial charge in [-0.25, -0.2) is 0 Å². The summed E-state index contributed by atoms with van der Waals surface area (Å²) in [6, 6.07) is 19.3. The number of aliphatic hydroxyl groups is 1. The van der Waals surface area contributed by atoms with Crippen LogP contribution in [-0.2, 0) is 20.9 Å². The monoisotopic (exact) mass is 470 g/mol. The minimum absolute atomic E-state index is 0.00460. The van der Waals surface area contributed by atoms with Crippen LogP contribution in [0.5, 0.6) is 5.75 Å². The van der Waals surface area contributed by atoms with Crippen LogP contribution in [0, 0.1) is 5.92 Å². The molecule has 0 bridgehead atoms. The molecular weight excluding hydrogens is 432 g/mol. The van der Waals surface area contributed by atoms with Crippen molar-refractivity contribution in [3.05, 3.63) is 66.2 Å². The molecule has 7 heteroatoms. The first-order valence-corrected chi connectivity index (χ1v) is 12.1. The van der Waals surface area contributed by atoms with E-state index in [0.29, 0.717) is 51.1 Å². The lowest BCUT2D eigenvalue weighted by Crippen LogP contribution is -2.51. The van der Waals surface area contributed by atoms with Gasteiger partial charge in [0.1, 0.15) is 5.75 Å². The number of hydrogen-bond acceptors (Lipinski definition) is 6. The fraction of sp³-hybridized carbons (Fsp3) is 0.519. The normalized spacial score (nSPS) is 17.5. The summed E-state index contributed by atoms with van der Waals surface area (Å²) < 4.78 is 17.3. The maximum atomic E-state index is 12.9. The first-order valence-electron chi connectivity index (χ1n) is 12.1. The van der Waals surface area contributed by atoms with Crippen molar-refractivity contribution < 1.29 is 24.1 Å². The summed E-state index contributed by atoms with van der Waals surface area (Å²) in [5, 5.41) is 10.4. The van der Waals surface area contributed by atoms with E-state index in [1.165, 1.54) is 0 Å². The van der Waals surface area contributed by atoms with Gasteiger partial charge >= 0.3 is 0 Å². The summed E-state index contributed by atoms with van der Waals surface area (Å²) >= 11 is 0. The highest BCUT2D eigenvalue weighted by molar-refractivity contribution is 5.77. The number of ether oxygens (including phenoxy) is 3. The van der Waals surface area contributed by atoms with Gasteiger partial charge in [-0.05, 0) is 23.6 Å². The largest absolute Gasteiger partial charge is 0.484 e. The number of nitrogens with zero attached hydrogens (tertiary/aromatic N) is 2. The Labute approximate surface area is 203 Å². The average Bonchev–Trinajstić information content (AvgIpc) is 2.83. The Hall–Kier alpha value is -2.45. The SMILES string of the molecule is CC(C)CN(CC1CN(CC(O)COCc2ccccc2)CCO1)C(=O)COc1ccccc1. The average molecular weight is 471 g/mol. The van der Waals surface area contributed by atoms with E-state index in [-0.39, 0.29) is 25.2 Å². The molecule has 186 valence electrons. The summed E-state index contributed by atoms with van der Waals surface area (Å²) in [5.74, 6) is 0.973. The highest BCUT2D eigenvalue weighted by Gasteiger charge is 2.26. The number of rotatable bonds is 13. The number of carbonyl (C=O) groups is 1. The molecule has 0 aromatic heterocycles. The Morgan fingerprint density at radius 1 is 1.15 bits per heavy atom. The molecule has 0 saturated carbocycles. The first kappa shape index (κ1) is 26.2. The Morgan fingerprint density at radius 3 is 2.56 bits per heavy atom. The smallest absolute Gasteiger partial charge is 0.260 e. The number of aliphatic hydroxyl groups excluding tert-OH is 1. The van der Waals surface area contributed by atoms with E-state index in [1.807, 2.05) is 65.6 Å². The third-order valence-electron chi connectivity index (χ3n) is 5.58. The van der Waals surface area contributed by atoms with Crippen LogP contribution < -0.4 is 4.74 Å².